The monoisotopic (exact) mass is 359 g/mol. The van der Waals surface area contributed by atoms with Crippen LogP contribution in [-0.4, -0.2) is 42.4 Å². The first-order valence-corrected chi connectivity index (χ1v) is 9.49. The number of halogens is 1. The van der Waals surface area contributed by atoms with Gasteiger partial charge < -0.3 is 16.0 Å². The molecule has 2 fully saturated rings. The van der Waals surface area contributed by atoms with Crippen molar-refractivity contribution >= 4 is 24.2 Å². The first-order chi connectivity index (χ1) is 11.2. The Bertz CT molecular complexity index is 386. The van der Waals surface area contributed by atoms with Gasteiger partial charge in [0.1, 0.15) is 0 Å². The van der Waals surface area contributed by atoms with Crippen LogP contribution in [0.5, 0.6) is 0 Å². The maximum atomic E-state index is 12.5. The molecule has 2 rings (SSSR count). The minimum absolute atomic E-state index is 0. The Morgan fingerprint density at radius 2 is 1.71 bits per heavy atom. The Labute approximate surface area is 152 Å². The molecule has 1 saturated heterocycles. The van der Waals surface area contributed by atoms with Gasteiger partial charge in [-0.15, -0.1) is 12.4 Å². The third-order valence-electron chi connectivity index (χ3n) is 5.18. The molecule has 5 nitrogen and oxygen atoms in total. The van der Waals surface area contributed by atoms with Gasteiger partial charge in [0.05, 0.1) is 0 Å². The summed E-state index contributed by atoms with van der Waals surface area (Å²) in [4.78, 5) is 26.5. The molecule has 0 bridgehead atoms. The van der Waals surface area contributed by atoms with E-state index in [1.807, 2.05) is 4.90 Å². The SMILES string of the molecule is Cl.NCCCCCCC(=O)NC1CCN(C(=O)C2CCCCC2)C1. The minimum Gasteiger partial charge on any atom is -0.352 e. The van der Waals surface area contributed by atoms with E-state index in [9.17, 15) is 9.59 Å². The average molecular weight is 360 g/mol. The van der Waals surface area contributed by atoms with Gasteiger partial charge in [0.25, 0.3) is 0 Å². The molecule has 6 heteroatoms. The van der Waals surface area contributed by atoms with Crippen molar-refractivity contribution in [2.45, 2.75) is 76.7 Å². The van der Waals surface area contributed by atoms with Crippen LogP contribution < -0.4 is 11.1 Å². The van der Waals surface area contributed by atoms with E-state index in [1.54, 1.807) is 0 Å². The van der Waals surface area contributed by atoms with Crippen LogP contribution in [0.3, 0.4) is 0 Å². The van der Waals surface area contributed by atoms with Gasteiger partial charge in [-0.2, -0.15) is 0 Å². The molecular weight excluding hydrogens is 326 g/mol. The zero-order chi connectivity index (χ0) is 16.5. The number of carbonyl (C=O) groups excluding carboxylic acids is 2. The molecule has 0 radical (unpaired) electrons. The molecule has 0 spiro atoms. The summed E-state index contributed by atoms with van der Waals surface area (Å²) in [6.07, 6.45) is 11.4. The summed E-state index contributed by atoms with van der Waals surface area (Å²) in [5, 5.41) is 3.10. The first-order valence-electron chi connectivity index (χ1n) is 9.49. The lowest BCUT2D eigenvalue weighted by molar-refractivity contribution is -0.135. The maximum Gasteiger partial charge on any atom is 0.225 e. The van der Waals surface area contributed by atoms with Crippen LogP contribution >= 0.6 is 12.4 Å². The van der Waals surface area contributed by atoms with E-state index in [-0.39, 0.29) is 30.3 Å². The molecule has 0 aromatic heterocycles. The molecule has 1 atom stereocenters. The summed E-state index contributed by atoms with van der Waals surface area (Å²) in [5.74, 6) is 0.693. The fraction of sp³-hybridized carbons (Fsp3) is 0.889. The molecule has 1 aliphatic heterocycles. The van der Waals surface area contributed by atoms with E-state index in [1.165, 1.54) is 19.3 Å². The molecule has 2 amide bonds. The summed E-state index contributed by atoms with van der Waals surface area (Å²) in [5.41, 5.74) is 5.46. The third-order valence-corrected chi connectivity index (χ3v) is 5.18. The van der Waals surface area contributed by atoms with Gasteiger partial charge in [-0.05, 0) is 38.6 Å². The van der Waals surface area contributed by atoms with Crippen molar-refractivity contribution in [3.63, 3.8) is 0 Å². The van der Waals surface area contributed by atoms with Crippen molar-refractivity contribution in [3.05, 3.63) is 0 Å². The lowest BCUT2D eigenvalue weighted by Crippen LogP contribution is -2.40. The summed E-state index contributed by atoms with van der Waals surface area (Å²) in [6, 6.07) is 0.152. The van der Waals surface area contributed by atoms with E-state index < -0.39 is 0 Å². The Kier molecular flexibility index (Phi) is 10.3. The zero-order valence-corrected chi connectivity index (χ0v) is 15.6. The molecule has 3 N–H and O–H groups in total. The second kappa shape index (κ2) is 11.7. The summed E-state index contributed by atoms with van der Waals surface area (Å²) in [7, 11) is 0. The smallest absolute Gasteiger partial charge is 0.225 e. The van der Waals surface area contributed by atoms with Gasteiger partial charge in [-0.3, -0.25) is 9.59 Å². The first kappa shape index (κ1) is 21.2. The van der Waals surface area contributed by atoms with Crippen LogP contribution in [0, 0.1) is 5.92 Å². The van der Waals surface area contributed by atoms with Gasteiger partial charge in [-0.25, -0.2) is 0 Å². The molecule has 2 aliphatic rings. The molecule has 1 saturated carbocycles. The second-order valence-corrected chi connectivity index (χ2v) is 7.13. The van der Waals surface area contributed by atoms with E-state index in [0.29, 0.717) is 18.9 Å². The van der Waals surface area contributed by atoms with Gasteiger partial charge in [0.15, 0.2) is 0 Å². The minimum atomic E-state index is 0. The fourth-order valence-electron chi connectivity index (χ4n) is 3.77. The molecule has 1 unspecified atom stereocenters. The number of carbonyl (C=O) groups is 2. The topological polar surface area (TPSA) is 75.4 Å². The third kappa shape index (κ3) is 6.98. The van der Waals surface area contributed by atoms with Gasteiger partial charge in [0.2, 0.25) is 11.8 Å². The molecule has 0 aromatic carbocycles. The second-order valence-electron chi connectivity index (χ2n) is 7.13. The standard InChI is InChI=1S/C18H33N3O2.ClH/c19-12-7-2-1-6-10-17(22)20-16-11-13-21(14-16)18(23)15-8-4-3-5-9-15;/h15-16H,1-14,19H2,(H,20,22);1H. The van der Waals surface area contributed by atoms with Crippen molar-refractivity contribution in [2.75, 3.05) is 19.6 Å². The van der Waals surface area contributed by atoms with Crippen LogP contribution in [0.4, 0.5) is 0 Å². The number of amides is 2. The van der Waals surface area contributed by atoms with E-state index in [0.717, 1.165) is 58.0 Å². The molecule has 140 valence electrons. The highest BCUT2D eigenvalue weighted by molar-refractivity contribution is 5.85. The highest BCUT2D eigenvalue weighted by atomic mass is 35.5. The highest BCUT2D eigenvalue weighted by Crippen LogP contribution is 2.26. The van der Waals surface area contributed by atoms with Crippen molar-refractivity contribution in [1.82, 2.24) is 10.2 Å². The largest absolute Gasteiger partial charge is 0.352 e. The maximum absolute atomic E-state index is 12.5. The number of nitrogens with two attached hydrogens (primary N) is 1. The molecular formula is C18H34ClN3O2. The number of unbranched alkanes of at least 4 members (excludes halogenated alkanes) is 3. The number of rotatable bonds is 8. The van der Waals surface area contributed by atoms with Crippen molar-refractivity contribution < 1.29 is 9.59 Å². The van der Waals surface area contributed by atoms with Crippen LogP contribution in [0.2, 0.25) is 0 Å². The fourth-order valence-corrected chi connectivity index (χ4v) is 3.77. The van der Waals surface area contributed by atoms with Crippen LogP contribution in [0.25, 0.3) is 0 Å². The lowest BCUT2D eigenvalue weighted by Gasteiger charge is -2.26. The Balaban J connectivity index is 0.00000288. The summed E-state index contributed by atoms with van der Waals surface area (Å²) < 4.78 is 0. The van der Waals surface area contributed by atoms with Gasteiger partial charge in [-0.1, -0.05) is 32.1 Å². The van der Waals surface area contributed by atoms with Crippen molar-refractivity contribution in [1.29, 1.82) is 0 Å². The Hall–Kier alpha value is -0.810. The van der Waals surface area contributed by atoms with Crippen LogP contribution in [-0.2, 0) is 9.59 Å². The quantitative estimate of drug-likeness (QED) is 0.654. The van der Waals surface area contributed by atoms with Gasteiger partial charge in [0, 0.05) is 31.5 Å². The Morgan fingerprint density at radius 1 is 1.00 bits per heavy atom. The van der Waals surface area contributed by atoms with Crippen LogP contribution in [0.1, 0.15) is 70.6 Å². The van der Waals surface area contributed by atoms with E-state index >= 15 is 0 Å². The average Bonchev–Trinajstić information content (AvgIpc) is 3.03. The van der Waals surface area contributed by atoms with Gasteiger partial charge >= 0.3 is 0 Å². The lowest BCUT2D eigenvalue weighted by atomic mass is 9.88. The Morgan fingerprint density at radius 3 is 2.42 bits per heavy atom. The number of nitrogens with one attached hydrogen (secondary N) is 1. The van der Waals surface area contributed by atoms with E-state index in [4.69, 9.17) is 5.73 Å². The zero-order valence-electron chi connectivity index (χ0n) is 14.8. The molecule has 24 heavy (non-hydrogen) atoms. The molecule has 0 aromatic rings. The van der Waals surface area contributed by atoms with Crippen molar-refractivity contribution in [3.8, 4) is 0 Å². The van der Waals surface area contributed by atoms with E-state index in [2.05, 4.69) is 5.32 Å². The summed E-state index contributed by atoms with van der Waals surface area (Å²) >= 11 is 0. The van der Waals surface area contributed by atoms with Crippen molar-refractivity contribution in [2.24, 2.45) is 11.7 Å². The number of likely N-dealkylation sites (tertiary alicyclic amines) is 1. The number of nitrogens with zero attached hydrogens (tertiary/aromatic N) is 1. The normalized spacial score (nSPS) is 21.4. The number of hydrogen-bond acceptors (Lipinski definition) is 3. The summed E-state index contributed by atoms with van der Waals surface area (Å²) in [6.45, 7) is 2.24. The number of hydrogen-bond donors (Lipinski definition) is 2. The highest BCUT2D eigenvalue weighted by Gasteiger charge is 2.31. The predicted molar refractivity (Wildman–Crippen MR) is 99.1 cm³/mol. The molecule has 1 heterocycles. The predicted octanol–water partition coefficient (Wildman–Crippen LogP) is 2.61. The van der Waals surface area contributed by atoms with Crippen LogP contribution in [0.15, 0.2) is 0 Å². The molecule has 1 aliphatic carbocycles.